The van der Waals surface area contributed by atoms with Gasteiger partial charge in [0.1, 0.15) is 0 Å². The zero-order valence-electron chi connectivity index (χ0n) is 19.7. The zero-order valence-corrected chi connectivity index (χ0v) is 19.7. The van der Waals surface area contributed by atoms with Gasteiger partial charge in [0.25, 0.3) is 5.78 Å². The predicted molar refractivity (Wildman–Crippen MR) is 115 cm³/mol. The molecule has 4 atom stereocenters. The Kier molecular flexibility index (Phi) is 6.40. The fourth-order valence-corrected chi connectivity index (χ4v) is 6.12. The highest BCUT2D eigenvalue weighted by Gasteiger charge is 2.82. The molecule has 32 heavy (non-hydrogen) atoms. The standard InChI is InChI=1S/C24H32O8/c1-9-11-15-13-22(28-4)20(26)23(29-5,30-6)17(15)18-21(22,12-10-2)14-16(27-3)19(25)24(18,31-7)32-8/h9-11,13-14,17-18H,2,12H2,1,3-8H3/b11-9+/t17-,18+,21?,22+/m1/s1. The van der Waals surface area contributed by atoms with E-state index < -0.39 is 46.0 Å². The SMILES string of the molecule is C=CCC12C=C(OC)C(=O)C(OC)(OC)[C@H]1[C@H]1C(/C=C/C)=C[C@]2(OC)C(=O)C1(OC)OC. The molecule has 0 N–H and O–H groups in total. The van der Waals surface area contributed by atoms with Crippen molar-refractivity contribution in [3.63, 3.8) is 0 Å². The molecule has 4 rings (SSSR count). The average Bonchev–Trinajstić information content (AvgIpc) is 2.81. The van der Waals surface area contributed by atoms with E-state index in [4.69, 9.17) is 28.4 Å². The maximum atomic E-state index is 14.2. The molecule has 1 unspecified atom stereocenters. The van der Waals surface area contributed by atoms with Gasteiger partial charge in [-0.15, -0.1) is 6.58 Å². The third-order valence-corrected chi connectivity index (χ3v) is 7.31. The third-order valence-electron chi connectivity index (χ3n) is 7.31. The van der Waals surface area contributed by atoms with Crippen LogP contribution in [0.15, 0.2) is 48.3 Å². The minimum atomic E-state index is -1.80. The first-order chi connectivity index (χ1) is 15.3. The lowest BCUT2D eigenvalue weighted by Gasteiger charge is -2.67. The molecule has 176 valence electrons. The molecule has 1 saturated carbocycles. The number of methoxy groups -OCH3 is 6. The minimum Gasteiger partial charge on any atom is -0.493 e. The fourth-order valence-electron chi connectivity index (χ4n) is 6.12. The van der Waals surface area contributed by atoms with Gasteiger partial charge in [-0.05, 0) is 31.1 Å². The topological polar surface area (TPSA) is 89.5 Å². The molecule has 4 aliphatic carbocycles. The molecule has 4 aliphatic rings. The second-order valence-corrected chi connectivity index (χ2v) is 8.10. The van der Waals surface area contributed by atoms with Gasteiger partial charge in [-0.3, -0.25) is 9.59 Å². The van der Waals surface area contributed by atoms with Gasteiger partial charge in [0.05, 0.1) is 13.0 Å². The Hall–Kier alpha value is -2.10. The van der Waals surface area contributed by atoms with E-state index in [-0.39, 0.29) is 12.2 Å². The van der Waals surface area contributed by atoms with Crippen molar-refractivity contribution >= 4 is 11.6 Å². The van der Waals surface area contributed by atoms with Crippen LogP contribution in [0.4, 0.5) is 0 Å². The van der Waals surface area contributed by atoms with E-state index in [9.17, 15) is 9.59 Å². The number of Topliss-reactive ketones (excluding diaryl/α,β-unsaturated/α-hetero) is 2. The Morgan fingerprint density at radius 2 is 1.53 bits per heavy atom. The summed E-state index contributed by atoms with van der Waals surface area (Å²) < 4.78 is 34.8. The first kappa shape index (κ1) is 24.5. The molecule has 0 aliphatic heterocycles. The van der Waals surface area contributed by atoms with Crippen LogP contribution in [0.25, 0.3) is 0 Å². The van der Waals surface area contributed by atoms with E-state index in [1.54, 1.807) is 18.2 Å². The minimum absolute atomic E-state index is 0.0185. The van der Waals surface area contributed by atoms with Crippen LogP contribution < -0.4 is 0 Å². The summed E-state index contributed by atoms with van der Waals surface area (Å²) in [6.45, 7) is 5.77. The summed E-state index contributed by atoms with van der Waals surface area (Å²) in [5.41, 5.74) is -2.01. The Balaban J connectivity index is 2.59. The zero-order chi connectivity index (χ0) is 23.9. The number of ketones is 2. The summed E-state index contributed by atoms with van der Waals surface area (Å²) in [6, 6.07) is 0. The Labute approximate surface area is 188 Å². The van der Waals surface area contributed by atoms with Crippen molar-refractivity contribution in [2.75, 3.05) is 42.7 Å². The van der Waals surface area contributed by atoms with Crippen LogP contribution in [0.2, 0.25) is 0 Å². The van der Waals surface area contributed by atoms with Gasteiger partial charge in [0.15, 0.2) is 11.4 Å². The van der Waals surface area contributed by atoms with Crippen molar-refractivity contribution in [1.29, 1.82) is 0 Å². The van der Waals surface area contributed by atoms with E-state index in [0.29, 0.717) is 5.57 Å². The second-order valence-electron chi connectivity index (χ2n) is 8.10. The smallest absolute Gasteiger partial charge is 0.256 e. The van der Waals surface area contributed by atoms with Gasteiger partial charge in [-0.2, -0.15) is 0 Å². The molecular weight excluding hydrogens is 416 g/mol. The molecule has 0 radical (unpaired) electrons. The maximum Gasteiger partial charge on any atom is 0.256 e. The second kappa shape index (κ2) is 8.35. The first-order valence-corrected chi connectivity index (χ1v) is 10.3. The summed E-state index contributed by atoms with van der Waals surface area (Å²) in [5, 5.41) is 0. The van der Waals surface area contributed by atoms with Crippen LogP contribution in [0.1, 0.15) is 13.3 Å². The molecule has 1 fully saturated rings. The number of allylic oxidation sites excluding steroid dienone is 3. The van der Waals surface area contributed by atoms with E-state index in [1.807, 2.05) is 19.1 Å². The normalized spacial score (nSPS) is 34.8. The Morgan fingerprint density at radius 3 is 1.97 bits per heavy atom. The Bertz CT molecular complexity index is 892. The van der Waals surface area contributed by atoms with Crippen molar-refractivity contribution in [3.8, 4) is 0 Å². The van der Waals surface area contributed by atoms with E-state index in [0.717, 1.165) is 0 Å². The number of ether oxygens (including phenoxy) is 6. The average molecular weight is 449 g/mol. The van der Waals surface area contributed by atoms with Gasteiger partial charge in [0.2, 0.25) is 17.4 Å². The van der Waals surface area contributed by atoms with Gasteiger partial charge in [-0.25, -0.2) is 0 Å². The van der Waals surface area contributed by atoms with Gasteiger partial charge in [-0.1, -0.05) is 18.2 Å². The summed E-state index contributed by atoms with van der Waals surface area (Å²) in [5.74, 6) is -6.00. The van der Waals surface area contributed by atoms with Crippen LogP contribution in [0, 0.1) is 17.3 Å². The maximum absolute atomic E-state index is 14.2. The largest absolute Gasteiger partial charge is 0.493 e. The lowest BCUT2D eigenvalue weighted by atomic mass is 9.41. The summed E-state index contributed by atoms with van der Waals surface area (Å²) in [7, 11) is 8.42. The molecule has 0 saturated heterocycles. The highest BCUT2D eigenvalue weighted by Crippen LogP contribution is 2.68. The molecule has 8 nitrogen and oxygen atoms in total. The van der Waals surface area contributed by atoms with Crippen LogP contribution >= 0.6 is 0 Å². The lowest BCUT2D eigenvalue weighted by Crippen LogP contribution is -2.81. The van der Waals surface area contributed by atoms with E-state index in [2.05, 4.69) is 6.58 Å². The summed E-state index contributed by atoms with van der Waals surface area (Å²) >= 11 is 0. The van der Waals surface area contributed by atoms with Crippen molar-refractivity contribution < 1.29 is 38.0 Å². The van der Waals surface area contributed by atoms with Crippen LogP contribution in [-0.2, 0) is 38.0 Å². The molecule has 0 aromatic rings. The summed E-state index contributed by atoms with van der Waals surface area (Å²) in [6.07, 6.45) is 9.09. The number of carbonyl (C=O) groups is 2. The fraction of sp³-hybridized carbons (Fsp3) is 0.583. The van der Waals surface area contributed by atoms with Crippen LogP contribution in [-0.4, -0.2) is 71.4 Å². The van der Waals surface area contributed by atoms with Gasteiger partial charge >= 0.3 is 0 Å². The predicted octanol–water partition coefficient (Wildman–Crippen LogP) is 2.36. The van der Waals surface area contributed by atoms with E-state index >= 15 is 0 Å². The number of hydrogen-bond acceptors (Lipinski definition) is 8. The molecule has 0 aromatic carbocycles. The first-order valence-electron chi connectivity index (χ1n) is 10.3. The number of carbonyl (C=O) groups excluding carboxylic acids is 2. The number of fused-ring (bicyclic) bond motifs is 1. The third kappa shape index (κ3) is 2.55. The quantitative estimate of drug-likeness (QED) is 0.392. The number of rotatable bonds is 9. The molecule has 0 amide bonds. The highest BCUT2D eigenvalue weighted by molar-refractivity contribution is 6.05. The van der Waals surface area contributed by atoms with Gasteiger partial charge < -0.3 is 28.4 Å². The van der Waals surface area contributed by atoms with Crippen molar-refractivity contribution in [2.45, 2.75) is 30.5 Å². The molecule has 8 heteroatoms. The van der Waals surface area contributed by atoms with Crippen molar-refractivity contribution in [1.82, 2.24) is 0 Å². The Morgan fingerprint density at radius 1 is 0.938 bits per heavy atom. The highest BCUT2D eigenvalue weighted by atomic mass is 16.7. The number of hydrogen-bond donors (Lipinski definition) is 0. The summed E-state index contributed by atoms with van der Waals surface area (Å²) in [4.78, 5) is 27.8. The van der Waals surface area contributed by atoms with Crippen LogP contribution in [0.5, 0.6) is 0 Å². The van der Waals surface area contributed by atoms with Crippen LogP contribution in [0.3, 0.4) is 0 Å². The lowest BCUT2D eigenvalue weighted by molar-refractivity contribution is -0.329. The molecule has 0 aromatic heterocycles. The van der Waals surface area contributed by atoms with Gasteiger partial charge in [0, 0.05) is 46.9 Å². The van der Waals surface area contributed by atoms with E-state index in [1.165, 1.54) is 42.7 Å². The van der Waals surface area contributed by atoms with Crippen molar-refractivity contribution in [3.05, 3.63) is 48.3 Å². The monoisotopic (exact) mass is 448 g/mol. The molecular formula is C24H32O8. The van der Waals surface area contributed by atoms with Crippen molar-refractivity contribution in [2.24, 2.45) is 17.3 Å². The molecule has 0 heterocycles. The molecule has 2 bridgehead atoms. The molecule has 0 spiro atoms.